The van der Waals surface area contributed by atoms with E-state index in [0.29, 0.717) is 12.2 Å². The fourth-order valence-electron chi connectivity index (χ4n) is 0.991. The van der Waals surface area contributed by atoms with E-state index < -0.39 is 0 Å². The highest BCUT2D eigenvalue weighted by Gasteiger charge is 1.96. The number of hydrogen-bond acceptors (Lipinski definition) is 2. The molecule has 1 rings (SSSR count). The molecule has 0 heterocycles. The highest BCUT2D eigenvalue weighted by atomic mass is 35.5. The quantitative estimate of drug-likeness (QED) is 0.351. The van der Waals surface area contributed by atoms with E-state index in [1.165, 1.54) is 0 Å². The number of nitrogens with two attached hydrogens (primary N) is 1. The van der Waals surface area contributed by atoms with E-state index in [4.69, 9.17) is 15.9 Å². The number of nitrogen functional groups attached to an aromatic ring is 1. The van der Waals surface area contributed by atoms with Gasteiger partial charge in [0.1, 0.15) is 11.6 Å². The van der Waals surface area contributed by atoms with Crippen LogP contribution in [0.15, 0.2) is 36.9 Å². The minimum absolute atomic E-state index is 0. The van der Waals surface area contributed by atoms with Crippen molar-refractivity contribution in [3.63, 3.8) is 0 Å². The summed E-state index contributed by atoms with van der Waals surface area (Å²) in [7, 11) is 0. The molecular formula is C11H15ClN2O. The van der Waals surface area contributed by atoms with Gasteiger partial charge in [0.05, 0.1) is 6.61 Å². The fraction of sp³-hybridized carbons (Fsp3) is 0.182. The Bertz CT molecular complexity index is 322. The first kappa shape index (κ1) is 13.5. The number of nitrogens with one attached hydrogen (secondary N) is 1. The van der Waals surface area contributed by atoms with E-state index in [9.17, 15) is 0 Å². The first-order valence-electron chi connectivity index (χ1n) is 4.42. The Morgan fingerprint density at radius 2 is 2.00 bits per heavy atom. The van der Waals surface area contributed by atoms with Crippen LogP contribution >= 0.6 is 12.4 Å². The number of rotatable bonds is 5. The lowest BCUT2D eigenvalue weighted by atomic mass is 10.2. The topological polar surface area (TPSA) is 59.1 Å². The summed E-state index contributed by atoms with van der Waals surface area (Å²) in [4.78, 5) is 0. The summed E-state index contributed by atoms with van der Waals surface area (Å²) in [6, 6.07) is 7.15. The summed E-state index contributed by atoms with van der Waals surface area (Å²) in [5, 5.41) is 7.20. The molecule has 0 spiro atoms. The average molecular weight is 227 g/mol. The van der Waals surface area contributed by atoms with Crippen LogP contribution in [0.5, 0.6) is 5.75 Å². The Balaban J connectivity index is 0.00000196. The van der Waals surface area contributed by atoms with Gasteiger partial charge in [-0.25, -0.2) is 0 Å². The van der Waals surface area contributed by atoms with Crippen LogP contribution in [-0.4, -0.2) is 12.4 Å². The normalized spacial score (nSPS) is 8.80. The summed E-state index contributed by atoms with van der Waals surface area (Å²) in [5.74, 6) is 0.861. The Morgan fingerprint density at radius 1 is 1.40 bits per heavy atom. The lowest BCUT2D eigenvalue weighted by Crippen LogP contribution is -2.10. The SMILES string of the molecule is C=CCCOc1ccc(C(=N)N)cc1.Cl. The molecule has 0 bridgehead atoms. The van der Waals surface area contributed by atoms with E-state index in [1.54, 1.807) is 24.3 Å². The van der Waals surface area contributed by atoms with Gasteiger partial charge in [0.25, 0.3) is 0 Å². The number of benzene rings is 1. The predicted octanol–water partition coefficient (Wildman–Crippen LogP) is 2.35. The molecule has 0 amide bonds. The zero-order valence-corrected chi connectivity index (χ0v) is 9.22. The van der Waals surface area contributed by atoms with Crippen molar-refractivity contribution in [1.29, 1.82) is 5.41 Å². The van der Waals surface area contributed by atoms with Crippen molar-refractivity contribution >= 4 is 18.2 Å². The monoisotopic (exact) mass is 226 g/mol. The van der Waals surface area contributed by atoms with Gasteiger partial charge >= 0.3 is 0 Å². The largest absolute Gasteiger partial charge is 0.493 e. The van der Waals surface area contributed by atoms with E-state index in [0.717, 1.165) is 12.2 Å². The highest BCUT2D eigenvalue weighted by Crippen LogP contribution is 2.11. The average Bonchev–Trinajstić information content (AvgIpc) is 2.19. The van der Waals surface area contributed by atoms with Crippen LogP contribution in [0.25, 0.3) is 0 Å². The zero-order chi connectivity index (χ0) is 10.4. The van der Waals surface area contributed by atoms with Crippen molar-refractivity contribution in [2.45, 2.75) is 6.42 Å². The molecule has 82 valence electrons. The van der Waals surface area contributed by atoms with E-state index >= 15 is 0 Å². The van der Waals surface area contributed by atoms with Crippen LogP contribution in [0.3, 0.4) is 0 Å². The summed E-state index contributed by atoms with van der Waals surface area (Å²) in [5.41, 5.74) is 6.02. The third kappa shape index (κ3) is 4.51. The van der Waals surface area contributed by atoms with Crippen molar-refractivity contribution in [3.05, 3.63) is 42.5 Å². The Morgan fingerprint density at radius 3 is 2.47 bits per heavy atom. The molecule has 0 saturated heterocycles. The van der Waals surface area contributed by atoms with Crippen LogP contribution in [0.2, 0.25) is 0 Å². The van der Waals surface area contributed by atoms with Gasteiger partial charge in [-0.3, -0.25) is 5.41 Å². The van der Waals surface area contributed by atoms with Gasteiger partial charge in [-0.2, -0.15) is 0 Å². The maximum absolute atomic E-state index is 7.20. The van der Waals surface area contributed by atoms with Gasteiger partial charge in [0, 0.05) is 5.56 Å². The smallest absolute Gasteiger partial charge is 0.122 e. The second-order valence-corrected chi connectivity index (χ2v) is 2.86. The first-order valence-corrected chi connectivity index (χ1v) is 4.42. The molecule has 3 nitrogen and oxygen atoms in total. The van der Waals surface area contributed by atoms with Crippen LogP contribution in [0, 0.1) is 5.41 Å². The van der Waals surface area contributed by atoms with Crippen LogP contribution in [0.4, 0.5) is 0 Å². The molecule has 1 aromatic rings. The number of amidine groups is 1. The molecule has 0 radical (unpaired) electrons. The molecule has 15 heavy (non-hydrogen) atoms. The standard InChI is InChI=1S/C11H14N2O.ClH/c1-2-3-8-14-10-6-4-9(5-7-10)11(12)13;/h2,4-7H,1,3,8H2,(H3,12,13);1H. The molecule has 4 heteroatoms. The molecule has 3 N–H and O–H groups in total. The zero-order valence-electron chi connectivity index (χ0n) is 8.40. The summed E-state index contributed by atoms with van der Waals surface area (Å²) < 4.78 is 5.40. The maximum atomic E-state index is 7.20. The third-order valence-corrected chi connectivity index (χ3v) is 1.76. The molecule has 0 atom stereocenters. The molecule has 1 aromatic carbocycles. The van der Waals surface area contributed by atoms with E-state index in [1.807, 2.05) is 6.08 Å². The van der Waals surface area contributed by atoms with Crippen molar-refractivity contribution < 1.29 is 4.74 Å². The first-order chi connectivity index (χ1) is 6.74. The van der Waals surface area contributed by atoms with Crippen LogP contribution < -0.4 is 10.5 Å². The minimum atomic E-state index is 0. The van der Waals surface area contributed by atoms with Gasteiger partial charge < -0.3 is 10.5 Å². The summed E-state index contributed by atoms with van der Waals surface area (Å²) in [6.45, 7) is 4.23. The van der Waals surface area contributed by atoms with Crippen molar-refractivity contribution in [2.75, 3.05) is 6.61 Å². The van der Waals surface area contributed by atoms with Crippen molar-refractivity contribution in [1.82, 2.24) is 0 Å². The molecule has 0 aromatic heterocycles. The number of halogens is 1. The third-order valence-electron chi connectivity index (χ3n) is 1.76. The molecule has 0 saturated carbocycles. The summed E-state index contributed by atoms with van der Waals surface area (Å²) in [6.07, 6.45) is 2.64. The second kappa shape index (κ2) is 6.90. The molecule has 0 fully saturated rings. The fourth-order valence-corrected chi connectivity index (χ4v) is 0.991. The molecule has 0 aliphatic rings. The van der Waals surface area contributed by atoms with Crippen molar-refractivity contribution in [3.8, 4) is 5.75 Å². The lowest BCUT2D eigenvalue weighted by Gasteiger charge is -2.04. The van der Waals surface area contributed by atoms with Gasteiger partial charge in [-0.15, -0.1) is 19.0 Å². The summed E-state index contributed by atoms with van der Waals surface area (Å²) >= 11 is 0. The number of hydrogen-bond donors (Lipinski definition) is 2. The molecular weight excluding hydrogens is 212 g/mol. The Kier molecular flexibility index (Phi) is 6.22. The number of ether oxygens (including phenoxy) is 1. The Labute approximate surface area is 95.9 Å². The van der Waals surface area contributed by atoms with Gasteiger partial charge in [-0.1, -0.05) is 6.08 Å². The maximum Gasteiger partial charge on any atom is 0.122 e. The lowest BCUT2D eigenvalue weighted by molar-refractivity contribution is 0.325. The van der Waals surface area contributed by atoms with E-state index in [2.05, 4.69) is 6.58 Å². The van der Waals surface area contributed by atoms with Gasteiger partial charge in [0.15, 0.2) is 0 Å². The molecule has 0 aliphatic heterocycles. The van der Waals surface area contributed by atoms with E-state index in [-0.39, 0.29) is 18.2 Å². The van der Waals surface area contributed by atoms with Crippen LogP contribution in [0.1, 0.15) is 12.0 Å². The van der Waals surface area contributed by atoms with Crippen molar-refractivity contribution in [2.24, 2.45) is 5.73 Å². The van der Waals surface area contributed by atoms with Gasteiger partial charge in [0.2, 0.25) is 0 Å². The van der Waals surface area contributed by atoms with Crippen LogP contribution in [-0.2, 0) is 0 Å². The molecule has 0 unspecified atom stereocenters. The molecule has 0 aliphatic carbocycles. The highest BCUT2D eigenvalue weighted by molar-refractivity contribution is 5.94. The van der Waals surface area contributed by atoms with Gasteiger partial charge in [-0.05, 0) is 30.7 Å². The predicted molar refractivity (Wildman–Crippen MR) is 65.0 cm³/mol. The Hall–Kier alpha value is -1.48. The second-order valence-electron chi connectivity index (χ2n) is 2.86. The minimum Gasteiger partial charge on any atom is -0.493 e.